The Labute approximate surface area is 126 Å². The smallest absolute Gasteiger partial charge is 0.0803 e. The zero-order valence-corrected chi connectivity index (χ0v) is 13.0. The lowest BCUT2D eigenvalue weighted by atomic mass is 10.0. The normalized spacial score (nSPS) is 12.9. The molecule has 2 N–H and O–H groups in total. The second-order valence-corrected chi connectivity index (χ2v) is 6.60. The van der Waals surface area contributed by atoms with Crippen LogP contribution in [-0.2, 0) is 12.8 Å². The van der Waals surface area contributed by atoms with Crippen LogP contribution in [-0.4, -0.2) is 9.59 Å². The molecular weight excluding hydrogens is 286 g/mol. The van der Waals surface area contributed by atoms with Crippen molar-refractivity contribution < 1.29 is 0 Å². The molecule has 0 aliphatic heterocycles. The Morgan fingerprint density at radius 3 is 3.00 bits per heavy atom. The largest absolute Gasteiger partial charge is 0.323 e. The minimum atomic E-state index is -0.00504. The molecule has 1 atom stereocenters. The first-order valence-electron chi connectivity index (χ1n) is 6.81. The van der Waals surface area contributed by atoms with E-state index in [0.717, 1.165) is 29.8 Å². The van der Waals surface area contributed by atoms with Crippen LogP contribution in [0.15, 0.2) is 29.6 Å². The maximum Gasteiger partial charge on any atom is 0.0803 e. The fraction of sp³-hybridized carbons (Fsp3) is 0.333. The van der Waals surface area contributed by atoms with Gasteiger partial charge in [0.25, 0.3) is 0 Å². The standard InChI is InChI=1S/C15H17N3S2/c1-2-5-13-15(20-18-17-13)12(16)8-10-9-19-14-7-4-3-6-11(10)14/h3-4,6-7,9,12H,2,5,8,16H2,1H3. The molecule has 1 aromatic carbocycles. The fourth-order valence-electron chi connectivity index (χ4n) is 2.43. The van der Waals surface area contributed by atoms with Gasteiger partial charge >= 0.3 is 0 Å². The highest BCUT2D eigenvalue weighted by molar-refractivity contribution is 7.17. The van der Waals surface area contributed by atoms with Gasteiger partial charge in [-0.2, -0.15) is 0 Å². The van der Waals surface area contributed by atoms with Crippen LogP contribution in [0.4, 0.5) is 0 Å². The van der Waals surface area contributed by atoms with Gasteiger partial charge in [-0.1, -0.05) is 36.0 Å². The third-order valence-corrected chi connectivity index (χ3v) is 5.32. The van der Waals surface area contributed by atoms with Gasteiger partial charge in [-0.25, -0.2) is 0 Å². The predicted molar refractivity (Wildman–Crippen MR) is 86.4 cm³/mol. The van der Waals surface area contributed by atoms with E-state index >= 15 is 0 Å². The monoisotopic (exact) mass is 303 g/mol. The van der Waals surface area contributed by atoms with Crippen LogP contribution >= 0.6 is 22.9 Å². The van der Waals surface area contributed by atoms with Gasteiger partial charge < -0.3 is 5.73 Å². The number of hydrogen-bond acceptors (Lipinski definition) is 5. The molecule has 0 aliphatic rings. The first kappa shape index (κ1) is 13.7. The van der Waals surface area contributed by atoms with Crippen LogP contribution in [0.2, 0.25) is 0 Å². The lowest BCUT2D eigenvalue weighted by Gasteiger charge is -2.10. The molecular formula is C15H17N3S2. The van der Waals surface area contributed by atoms with E-state index in [0.29, 0.717) is 0 Å². The van der Waals surface area contributed by atoms with E-state index in [1.54, 1.807) is 11.3 Å². The summed E-state index contributed by atoms with van der Waals surface area (Å²) in [6.45, 7) is 2.15. The molecule has 104 valence electrons. The Morgan fingerprint density at radius 1 is 1.30 bits per heavy atom. The molecule has 3 nitrogen and oxygen atoms in total. The van der Waals surface area contributed by atoms with E-state index in [1.807, 2.05) is 0 Å². The Bertz CT molecular complexity index is 702. The number of nitrogens with zero attached hydrogens (tertiary/aromatic N) is 2. The molecule has 3 rings (SSSR count). The summed E-state index contributed by atoms with van der Waals surface area (Å²) in [6, 6.07) is 8.49. The minimum Gasteiger partial charge on any atom is -0.323 e. The van der Waals surface area contributed by atoms with Crippen LogP contribution < -0.4 is 5.73 Å². The molecule has 0 amide bonds. The van der Waals surface area contributed by atoms with Crippen LogP contribution in [0, 0.1) is 0 Å². The summed E-state index contributed by atoms with van der Waals surface area (Å²) in [5.74, 6) is 0. The highest BCUT2D eigenvalue weighted by Gasteiger charge is 2.17. The third-order valence-electron chi connectivity index (χ3n) is 3.41. The molecule has 3 aromatic rings. The summed E-state index contributed by atoms with van der Waals surface area (Å²) in [6.07, 6.45) is 2.89. The van der Waals surface area contributed by atoms with Gasteiger partial charge in [0.2, 0.25) is 0 Å². The molecule has 0 bridgehead atoms. The number of hydrogen-bond donors (Lipinski definition) is 1. The van der Waals surface area contributed by atoms with Crippen molar-refractivity contribution in [2.75, 3.05) is 0 Å². The third kappa shape index (κ3) is 2.61. The van der Waals surface area contributed by atoms with Gasteiger partial charge in [0.15, 0.2) is 0 Å². The van der Waals surface area contributed by atoms with E-state index in [4.69, 9.17) is 5.73 Å². The summed E-state index contributed by atoms with van der Waals surface area (Å²) in [5, 5.41) is 7.75. The highest BCUT2D eigenvalue weighted by Crippen LogP contribution is 2.30. The molecule has 2 heterocycles. The average Bonchev–Trinajstić information content (AvgIpc) is 3.07. The maximum atomic E-state index is 6.39. The number of benzene rings is 1. The van der Waals surface area contributed by atoms with Gasteiger partial charge in [-0.05, 0) is 46.8 Å². The molecule has 0 saturated heterocycles. The fourth-order valence-corrected chi connectivity index (χ4v) is 4.10. The van der Waals surface area contributed by atoms with Crippen molar-refractivity contribution in [1.29, 1.82) is 0 Å². The lowest BCUT2D eigenvalue weighted by molar-refractivity contribution is 0.719. The van der Waals surface area contributed by atoms with Crippen LogP contribution in [0.5, 0.6) is 0 Å². The van der Waals surface area contributed by atoms with E-state index in [-0.39, 0.29) is 6.04 Å². The van der Waals surface area contributed by atoms with Crippen LogP contribution in [0.1, 0.15) is 35.5 Å². The Balaban J connectivity index is 1.85. The second-order valence-electron chi connectivity index (χ2n) is 4.90. The van der Waals surface area contributed by atoms with Gasteiger partial charge in [0.1, 0.15) is 0 Å². The summed E-state index contributed by atoms with van der Waals surface area (Å²) >= 11 is 3.23. The number of aromatic nitrogens is 2. The number of fused-ring (bicyclic) bond motifs is 1. The van der Waals surface area contributed by atoms with Crippen molar-refractivity contribution in [2.24, 2.45) is 5.73 Å². The molecule has 0 saturated carbocycles. The molecule has 5 heteroatoms. The van der Waals surface area contributed by atoms with Crippen LogP contribution in [0.3, 0.4) is 0 Å². The number of thiophene rings is 1. The van der Waals surface area contributed by atoms with Crippen molar-refractivity contribution >= 4 is 33.0 Å². The summed E-state index contributed by atoms with van der Waals surface area (Å²) < 4.78 is 5.39. The molecule has 0 aliphatic carbocycles. The lowest BCUT2D eigenvalue weighted by Crippen LogP contribution is -2.13. The Morgan fingerprint density at radius 2 is 2.15 bits per heavy atom. The van der Waals surface area contributed by atoms with E-state index in [9.17, 15) is 0 Å². The van der Waals surface area contributed by atoms with Crippen molar-refractivity contribution in [3.05, 3.63) is 45.8 Å². The first-order chi connectivity index (χ1) is 9.79. The van der Waals surface area contributed by atoms with Gasteiger partial charge in [-0.15, -0.1) is 16.4 Å². The van der Waals surface area contributed by atoms with Gasteiger partial charge in [-0.3, -0.25) is 0 Å². The Kier molecular flexibility index (Phi) is 4.10. The number of rotatable bonds is 5. The van der Waals surface area contributed by atoms with Crippen molar-refractivity contribution in [3.63, 3.8) is 0 Å². The summed E-state index contributed by atoms with van der Waals surface area (Å²) in [4.78, 5) is 1.14. The molecule has 1 unspecified atom stereocenters. The van der Waals surface area contributed by atoms with E-state index in [1.165, 1.54) is 27.2 Å². The summed E-state index contributed by atoms with van der Waals surface area (Å²) in [7, 11) is 0. The molecule has 0 fully saturated rings. The van der Waals surface area contributed by atoms with Crippen molar-refractivity contribution in [2.45, 2.75) is 32.2 Å². The molecule has 20 heavy (non-hydrogen) atoms. The maximum absolute atomic E-state index is 6.39. The second kappa shape index (κ2) is 5.99. The van der Waals surface area contributed by atoms with Crippen molar-refractivity contribution in [1.82, 2.24) is 9.59 Å². The molecule has 0 radical (unpaired) electrons. The van der Waals surface area contributed by atoms with E-state index in [2.05, 4.69) is 46.2 Å². The SMILES string of the molecule is CCCc1nnsc1C(N)Cc1csc2ccccc12. The van der Waals surface area contributed by atoms with Gasteiger partial charge in [0, 0.05) is 10.7 Å². The Hall–Kier alpha value is -1.30. The highest BCUT2D eigenvalue weighted by atomic mass is 32.1. The zero-order valence-electron chi connectivity index (χ0n) is 11.4. The average molecular weight is 303 g/mol. The number of aryl methyl sites for hydroxylation is 1. The molecule has 2 aromatic heterocycles. The first-order valence-corrected chi connectivity index (χ1v) is 8.46. The number of nitrogens with two attached hydrogens (primary N) is 1. The van der Waals surface area contributed by atoms with Crippen molar-refractivity contribution in [3.8, 4) is 0 Å². The van der Waals surface area contributed by atoms with E-state index < -0.39 is 0 Å². The predicted octanol–water partition coefficient (Wildman–Crippen LogP) is 3.95. The molecule has 0 spiro atoms. The summed E-state index contributed by atoms with van der Waals surface area (Å²) in [5.41, 5.74) is 8.79. The minimum absolute atomic E-state index is 0.00504. The van der Waals surface area contributed by atoms with Crippen LogP contribution in [0.25, 0.3) is 10.1 Å². The quantitative estimate of drug-likeness (QED) is 0.776. The zero-order chi connectivity index (χ0) is 13.9. The topological polar surface area (TPSA) is 51.8 Å². The van der Waals surface area contributed by atoms with Gasteiger partial charge in [0.05, 0.1) is 10.6 Å².